The maximum atomic E-state index is 11.5. The molecule has 17 heavy (non-hydrogen) atoms. The number of carbonyl (C=O) groups is 2. The molecule has 1 rings (SSSR count). The van der Waals surface area contributed by atoms with Crippen LogP contribution in [0.1, 0.15) is 26.7 Å². The van der Waals surface area contributed by atoms with Crippen molar-refractivity contribution in [3.8, 4) is 0 Å². The summed E-state index contributed by atoms with van der Waals surface area (Å²) in [5.41, 5.74) is 0. The predicted molar refractivity (Wildman–Crippen MR) is 63.8 cm³/mol. The second kappa shape index (κ2) is 6.32. The van der Waals surface area contributed by atoms with Crippen molar-refractivity contribution in [3.63, 3.8) is 0 Å². The summed E-state index contributed by atoms with van der Waals surface area (Å²) in [6.45, 7) is 5.01. The van der Waals surface area contributed by atoms with Gasteiger partial charge in [-0.15, -0.1) is 0 Å². The number of nitrogens with zero attached hydrogens (tertiary/aromatic N) is 1. The Morgan fingerprint density at radius 1 is 1.41 bits per heavy atom. The molecule has 0 saturated carbocycles. The Labute approximate surface area is 102 Å². The van der Waals surface area contributed by atoms with Crippen LogP contribution >= 0.6 is 0 Å². The molecule has 1 aliphatic heterocycles. The van der Waals surface area contributed by atoms with Gasteiger partial charge in [0.05, 0.1) is 7.11 Å². The summed E-state index contributed by atoms with van der Waals surface area (Å²) in [6.07, 6.45) is 1.43. The van der Waals surface area contributed by atoms with Crippen molar-refractivity contribution in [2.45, 2.75) is 38.8 Å². The summed E-state index contributed by atoms with van der Waals surface area (Å²) in [7, 11) is 1.37. The Balaban J connectivity index is 2.39. The van der Waals surface area contributed by atoms with Crippen LogP contribution in [0.4, 0.5) is 9.59 Å². The number of piperidine rings is 1. The monoisotopic (exact) mass is 243 g/mol. The van der Waals surface area contributed by atoms with Crippen molar-refractivity contribution in [2.24, 2.45) is 0 Å². The lowest BCUT2D eigenvalue weighted by atomic mass is 10.1. The van der Waals surface area contributed by atoms with Crippen molar-refractivity contribution in [1.82, 2.24) is 15.5 Å². The van der Waals surface area contributed by atoms with Crippen LogP contribution in [0.25, 0.3) is 0 Å². The molecule has 0 aromatic carbocycles. The Kier molecular flexibility index (Phi) is 5.06. The lowest BCUT2D eigenvalue weighted by Gasteiger charge is -2.32. The normalized spacial score (nSPS) is 20.0. The summed E-state index contributed by atoms with van der Waals surface area (Å²) in [4.78, 5) is 24.5. The van der Waals surface area contributed by atoms with E-state index in [2.05, 4.69) is 15.4 Å². The Bertz CT molecular complexity index is 281. The second-order valence-corrected chi connectivity index (χ2v) is 4.53. The number of likely N-dealkylation sites (tertiary alicyclic amines) is 1. The fourth-order valence-electron chi connectivity index (χ4n) is 1.88. The average molecular weight is 243 g/mol. The van der Waals surface area contributed by atoms with Crippen LogP contribution < -0.4 is 10.6 Å². The van der Waals surface area contributed by atoms with Gasteiger partial charge in [-0.25, -0.2) is 9.59 Å². The molecule has 0 spiro atoms. The zero-order valence-corrected chi connectivity index (χ0v) is 10.7. The third-order valence-electron chi connectivity index (χ3n) is 2.61. The minimum atomic E-state index is -0.333. The van der Waals surface area contributed by atoms with E-state index in [9.17, 15) is 9.59 Å². The zero-order valence-electron chi connectivity index (χ0n) is 10.7. The lowest BCUT2D eigenvalue weighted by molar-refractivity contribution is 0.108. The molecule has 3 amide bonds. The van der Waals surface area contributed by atoms with E-state index in [-0.39, 0.29) is 24.2 Å². The van der Waals surface area contributed by atoms with E-state index in [0.29, 0.717) is 13.1 Å². The van der Waals surface area contributed by atoms with Gasteiger partial charge in [0.1, 0.15) is 0 Å². The van der Waals surface area contributed by atoms with Gasteiger partial charge in [0.15, 0.2) is 0 Å². The molecule has 1 atom stereocenters. The van der Waals surface area contributed by atoms with E-state index >= 15 is 0 Å². The molecule has 6 nitrogen and oxygen atoms in total. The number of hydrogen-bond donors (Lipinski definition) is 2. The van der Waals surface area contributed by atoms with Gasteiger partial charge < -0.3 is 20.3 Å². The summed E-state index contributed by atoms with van der Waals surface area (Å²) < 4.78 is 4.67. The number of ether oxygens (including phenoxy) is 1. The molecule has 2 N–H and O–H groups in total. The number of rotatable bonds is 2. The fraction of sp³-hybridized carbons (Fsp3) is 0.818. The van der Waals surface area contributed by atoms with Crippen molar-refractivity contribution < 1.29 is 14.3 Å². The van der Waals surface area contributed by atoms with E-state index in [4.69, 9.17) is 0 Å². The molecule has 0 aliphatic carbocycles. The van der Waals surface area contributed by atoms with Crippen molar-refractivity contribution in [1.29, 1.82) is 0 Å². The van der Waals surface area contributed by atoms with Gasteiger partial charge in [0.25, 0.3) is 0 Å². The van der Waals surface area contributed by atoms with Gasteiger partial charge >= 0.3 is 12.1 Å². The number of carbonyl (C=O) groups excluding carboxylic acids is 2. The van der Waals surface area contributed by atoms with Crippen LogP contribution in [-0.2, 0) is 4.74 Å². The van der Waals surface area contributed by atoms with Gasteiger partial charge in [0, 0.05) is 25.2 Å². The number of urea groups is 1. The first-order valence-corrected chi connectivity index (χ1v) is 5.93. The SMILES string of the molecule is COC(=O)N1CCC[C@H](NC(=O)NC(C)C)C1. The second-order valence-electron chi connectivity index (χ2n) is 4.53. The summed E-state index contributed by atoms with van der Waals surface area (Å²) in [5.74, 6) is 0. The molecule has 98 valence electrons. The first-order valence-electron chi connectivity index (χ1n) is 5.93. The molecule has 0 radical (unpaired) electrons. The standard InChI is InChI=1S/C11H21N3O3/c1-8(2)12-10(15)13-9-5-4-6-14(7-9)11(16)17-3/h8-9H,4-7H2,1-3H3,(H2,12,13,15)/t9-/m0/s1. The highest BCUT2D eigenvalue weighted by molar-refractivity contribution is 5.74. The van der Waals surface area contributed by atoms with E-state index < -0.39 is 0 Å². The van der Waals surface area contributed by atoms with Crippen LogP contribution in [0.5, 0.6) is 0 Å². The van der Waals surface area contributed by atoms with E-state index in [0.717, 1.165) is 12.8 Å². The van der Waals surface area contributed by atoms with Gasteiger partial charge in [0.2, 0.25) is 0 Å². The molecule has 0 aromatic rings. The highest BCUT2D eigenvalue weighted by atomic mass is 16.5. The van der Waals surface area contributed by atoms with Crippen LogP contribution in [0.3, 0.4) is 0 Å². The van der Waals surface area contributed by atoms with E-state index in [1.54, 1.807) is 4.90 Å². The Morgan fingerprint density at radius 2 is 2.12 bits per heavy atom. The molecule has 1 aliphatic rings. The molecule has 1 heterocycles. The Hall–Kier alpha value is -1.46. The molecule has 6 heteroatoms. The quantitative estimate of drug-likeness (QED) is 0.757. The maximum absolute atomic E-state index is 11.5. The van der Waals surface area contributed by atoms with Crippen LogP contribution in [0.2, 0.25) is 0 Å². The first-order chi connectivity index (χ1) is 8.02. The van der Waals surface area contributed by atoms with Crippen LogP contribution in [0, 0.1) is 0 Å². The molecule has 1 saturated heterocycles. The highest BCUT2D eigenvalue weighted by Crippen LogP contribution is 2.10. The maximum Gasteiger partial charge on any atom is 0.409 e. The van der Waals surface area contributed by atoms with Gasteiger partial charge in [-0.2, -0.15) is 0 Å². The number of nitrogens with one attached hydrogen (secondary N) is 2. The van der Waals surface area contributed by atoms with Crippen molar-refractivity contribution in [3.05, 3.63) is 0 Å². The number of hydrogen-bond acceptors (Lipinski definition) is 3. The van der Waals surface area contributed by atoms with Crippen molar-refractivity contribution in [2.75, 3.05) is 20.2 Å². The fourth-order valence-corrected chi connectivity index (χ4v) is 1.88. The summed E-state index contributed by atoms with van der Waals surface area (Å²) in [6, 6.07) is -0.0754. The summed E-state index contributed by atoms with van der Waals surface area (Å²) >= 11 is 0. The predicted octanol–water partition coefficient (Wildman–Crippen LogP) is 0.925. The molecular weight excluding hydrogens is 222 g/mol. The van der Waals surface area contributed by atoms with E-state index in [1.165, 1.54) is 7.11 Å². The zero-order chi connectivity index (χ0) is 12.8. The molecule has 1 fully saturated rings. The molecule has 0 aromatic heterocycles. The first kappa shape index (κ1) is 13.6. The third-order valence-corrected chi connectivity index (χ3v) is 2.61. The largest absolute Gasteiger partial charge is 0.453 e. The number of amides is 3. The third kappa shape index (κ3) is 4.50. The van der Waals surface area contributed by atoms with E-state index in [1.807, 2.05) is 13.8 Å². The van der Waals surface area contributed by atoms with Crippen LogP contribution in [0.15, 0.2) is 0 Å². The highest BCUT2D eigenvalue weighted by Gasteiger charge is 2.25. The van der Waals surface area contributed by atoms with Crippen molar-refractivity contribution >= 4 is 12.1 Å². The average Bonchev–Trinajstić information content (AvgIpc) is 2.27. The summed E-state index contributed by atoms with van der Waals surface area (Å²) in [5, 5.41) is 5.62. The smallest absolute Gasteiger partial charge is 0.409 e. The molecular formula is C11H21N3O3. The molecule has 0 unspecified atom stereocenters. The van der Waals surface area contributed by atoms with Gasteiger partial charge in [-0.05, 0) is 26.7 Å². The minimum absolute atomic E-state index is 0.00148. The number of methoxy groups -OCH3 is 1. The molecule has 0 bridgehead atoms. The topological polar surface area (TPSA) is 70.7 Å². The van der Waals surface area contributed by atoms with Crippen LogP contribution in [-0.4, -0.2) is 49.3 Å². The lowest BCUT2D eigenvalue weighted by Crippen LogP contribution is -2.52. The minimum Gasteiger partial charge on any atom is -0.453 e. The van der Waals surface area contributed by atoms with Gasteiger partial charge in [-0.1, -0.05) is 0 Å². The van der Waals surface area contributed by atoms with Gasteiger partial charge in [-0.3, -0.25) is 0 Å². The Morgan fingerprint density at radius 3 is 2.71 bits per heavy atom.